The van der Waals surface area contributed by atoms with E-state index in [0.29, 0.717) is 12.0 Å². The van der Waals surface area contributed by atoms with E-state index in [1.165, 1.54) is 6.07 Å². The van der Waals surface area contributed by atoms with Gasteiger partial charge in [0.05, 0.1) is 0 Å². The second-order valence-electron chi connectivity index (χ2n) is 4.13. The number of aromatic nitrogens is 1. The maximum Gasteiger partial charge on any atom is 0.126 e. The predicted molar refractivity (Wildman–Crippen MR) is 66.0 cm³/mol. The molecule has 0 fully saturated rings. The molecule has 2 rings (SSSR count). The number of nitrogens with two attached hydrogens (primary N) is 1. The van der Waals surface area contributed by atoms with E-state index in [1.807, 2.05) is 19.1 Å². The van der Waals surface area contributed by atoms with Crippen molar-refractivity contribution in [1.82, 2.24) is 4.98 Å². The van der Waals surface area contributed by atoms with E-state index in [1.54, 1.807) is 24.5 Å². The molecule has 1 aromatic heterocycles. The van der Waals surface area contributed by atoms with E-state index in [9.17, 15) is 4.39 Å². The third-order valence-corrected chi connectivity index (χ3v) is 2.86. The Morgan fingerprint density at radius 3 is 2.76 bits per heavy atom. The summed E-state index contributed by atoms with van der Waals surface area (Å²) in [6.45, 7) is 1.96. The Morgan fingerprint density at radius 1 is 1.29 bits per heavy atom. The molecule has 1 atom stereocenters. The highest BCUT2D eigenvalue weighted by atomic mass is 19.1. The first-order chi connectivity index (χ1) is 8.18. The third kappa shape index (κ3) is 2.68. The Hall–Kier alpha value is -1.74. The lowest BCUT2D eigenvalue weighted by Gasteiger charge is -2.14. The maximum absolute atomic E-state index is 13.5. The topological polar surface area (TPSA) is 38.9 Å². The molecule has 17 heavy (non-hydrogen) atoms. The molecule has 2 aromatic rings. The molecule has 1 heterocycles. The quantitative estimate of drug-likeness (QED) is 0.880. The van der Waals surface area contributed by atoms with E-state index in [0.717, 1.165) is 11.1 Å². The van der Waals surface area contributed by atoms with Crippen molar-refractivity contribution in [3.63, 3.8) is 0 Å². The molecule has 0 aliphatic carbocycles. The summed E-state index contributed by atoms with van der Waals surface area (Å²) < 4.78 is 13.5. The monoisotopic (exact) mass is 230 g/mol. The molecule has 0 saturated heterocycles. The Morgan fingerprint density at radius 2 is 2.06 bits per heavy atom. The molecule has 0 radical (unpaired) electrons. The van der Waals surface area contributed by atoms with Crippen molar-refractivity contribution in [2.24, 2.45) is 5.73 Å². The van der Waals surface area contributed by atoms with Crippen LogP contribution in [0.15, 0.2) is 42.7 Å². The number of pyridine rings is 1. The minimum Gasteiger partial charge on any atom is -0.324 e. The average Bonchev–Trinajstić information content (AvgIpc) is 2.32. The summed E-state index contributed by atoms with van der Waals surface area (Å²) in [5, 5.41) is 0. The zero-order chi connectivity index (χ0) is 12.3. The maximum atomic E-state index is 13.5. The van der Waals surface area contributed by atoms with Crippen LogP contribution in [0.4, 0.5) is 4.39 Å². The molecular weight excluding hydrogens is 215 g/mol. The second kappa shape index (κ2) is 5.06. The molecule has 88 valence electrons. The van der Waals surface area contributed by atoms with Crippen LogP contribution in [0, 0.1) is 12.7 Å². The van der Waals surface area contributed by atoms with Gasteiger partial charge in [-0.05, 0) is 42.2 Å². The fraction of sp³-hybridized carbons (Fsp3) is 0.214. The summed E-state index contributed by atoms with van der Waals surface area (Å²) in [6, 6.07) is 8.43. The molecule has 0 aliphatic rings. The van der Waals surface area contributed by atoms with E-state index in [4.69, 9.17) is 5.73 Å². The van der Waals surface area contributed by atoms with Crippen molar-refractivity contribution in [3.8, 4) is 0 Å². The highest BCUT2D eigenvalue weighted by Gasteiger charge is 2.11. The van der Waals surface area contributed by atoms with Gasteiger partial charge in [-0.1, -0.05) is 18.2 Å². The van der Waals surface area contributed by atoms with Crippen molar-refractivity contribution in [1.29, 1.82) is 0 Å². The first-order valence-corrected chi connectivity index (χ1v) is 5.58. The van der Waals surface area contributed by atoms with Gasteiger partial charge in [0.25, 0.3) is 0 Å². The molecule has 1 unspecified atom stereocenters. The number of hydrogen-bond donors (Lipinski definition) is 1. The van der Waals surface area contributed by atoms with Gasteiger partial charge in [0.2, 0.25) is 0 Å². The fourth-order valence-electron chi connectivity index (χ4n) is 1.91. The summed E-state index contributed by atoms with van der Waals surface area (Å²) in [4.78, 5) is 4.02. The Kier molecular flexibility index (Phi) is 3.49. The van der Waals surface area contributed by atoms with Crippen molar-refractivity contribution in [2.45, 2.75) is 19.4 Å². The summed E-state index contributed by atoms with van der Waals surface area (Å²) in [5.41, 5.74) is 8.81. The van der Waals surface area contributed by atoms with Gasteiger partial charge in [0, 0.05) is 18.4 Å². The lowest BCUT2D eigenvalue weighted by molar-refractivity contribution is 0.592. The summed E-state index contributed by atoms with van der Waals surface area (Å²) in [6.07, 6.45) is 3.98. The van der Waals surface area contributed by atoms with E-state index >= 15 is 0 Å². The highest BCUT2D eigenvalue weighted by molar-refractivity contribution is 5.28. The van der Waals surface area contributed by atoms with Crippen LogP contribution in [0.5, 0.6) is 0 Å². The molecule has 0 aliphatic heterocycles. The van der Waals surface area contributed by atoms with Crippen LogP contribution in [-0.2, 0) is 6.42 Å². The van der Waals surface area contributed by atoms with Crippen LogP contribution in [-0.4, -0.2) is 4.98 Å². The number of benzene rings is 1. The first-order valence-electron chi connectivity index (χ1n) is 5.58. The molecule has 0 saturated carbocycles. The van der Waals surface area contributed by atoms with Crippen LogP contribution in [0.3, 0.4) is 0 Å². The summed E-state index contributed by atoms with van der Waals surface area (Å²) >= 11 is 0. The molecule has 0 bridgehead atoms. The zero-order valence-electron chi connectivity index (χ0n) is 9.73. The Bertz CT molecular complexity index is 511. The normalized spacial score (nSPS) is 12.4. The van der Waals surface area contributed by atoms with E-state index in [-0.39, 0.29) is 11.9 Å². The number of rotatable bonds is 3. The van der Waals surface area contributed by atoms with Crippen LogP contribution < -0.4 is 5.73 Å². The average molecular weight is 230 g/mol. The SMILES string of the molecule is Cc1cnccc1C(N)Cc1ccccc1F. The van der Waals surface area contributed by atoms with Gasteiger partial charge in [-0.15, -0.1) is 0 Å². The smallest absolute Gasteiger partial charge is 0.126 e. The standard InChI is InChI=1S/C14H15FN2/c1-10-9-17-7-6-12(10)14(16)8-11-4-2-3-5-13(11)15/h2-7,9,14H,8,16H2,1H3. The minimum atomic E-state index is -0.199. The van der Waals surface area contributed by atoms with Gasteiger partial charge >= 0.3 is 0 Å². The zero-order valence-corrected chi connectivity index (χ0v) is 9.73. The van der Waals surface area contributed by atoms with E-state index < -0.39 is 0 Å². The summed E-state index contributed by atoms with van der Waals surface area (Å²) in [5.74, 6) is -0.199. The molecule has 1 aromatic carbocycles. The fourth-order valence-corrected chi connectivity index (χ4v) is 1.91. The molecule has 3 heteroatoms. The van der Waals surface area contributed by atoms with Crippen molar-refractivity contribution < 1.29 is 4.39 Å². The van der Waals surface area contributed by atoms with Gasteiger partial charge in [0.1, 0.15) is 5.82 Å². The van der Waals surface area contributed by atoms with Crippen molar-refractivity contribution in [3.05, 3.63) is 65.2 Å². The van der Waals surface area contributed by atoms with Gasteiger partial charge in [-0.2, -0.15) is 0 Å². The van der Waals surface area contributed by atoms with Crippen LogP contribution >= 0.6 is 0 Å². The molecule has 2 nitrogen and oxygen atoms in total. The third-order valence-electron chi connectivity index (χ3n) is 2.86. The highest BCUT2D eigenvalue weighted by Crippen LogP contribution is 2.20. The van der Waals surface area contributed by atoms with Crippen LogP contribution in [0.1, 0.15) is 22.7 Å². The van der Waals surface area contributed by atoms with Gasteiger partial charge in [0.15, 0.2) is 0 Å². The lowest BCUT2D eigenvalue weighted by atomic mass is 9.97. The molecule has 0 spiro atoms. The molecular formula is C14H15FN2. The van der Waals surface area contributed by atoms with Gasteiger partial charge in [-0.25, -0.2) is 4.39 Å². The number of hydrogen-bond acceptors (Lipinski definition) is 2. The second-order valence-corrected chi connectivity index (χ2v) is 4.13. The van der Waals surface area contributed by atoms with Gasteiger partial charge < -0.3 is 5.73 Å². The number of nitrogens with zero attached hydrogens (tertiary/aromatic N) is 1. The lowest BCUT2D eigenvalue weighted by Crippen LogP contribution is -2.15. The van der Waals surface area contributed by atoms with Crippen molar-refractivity contribution in [2.75, 3.05) is 0 Å². The summed E-state index contributed by atoms with van der Waals surface area (Å²) in [7, 11) is 0. The predicted octanol–water partition coefficient (Wildman–Crippen LogP) is 2.77. The molecule has 2 N–H and O–H groups in total. The Labute approximate surface area is 100 Å². The van der Waals surface area contributed by atoms with Crippen LogP contribution in [0.25, 0.3) is 0 Å². The largest absolute Gasteiger partial charge is 0.324 e. The van der Waals surface area contributed by atoms with Gasteiger partial charge in [-0.3, -0.25) is 4.98 Å². The van der Waals surface area contributed by atoms with Crippen molar-refractivity contribution >= 4 is 0 Å². The Balaban J connectivity index is 2.20. The van der Waals surface area contributed by atoms with E-state index in [2.05, 4.69) is 4.98 Å². The molecule has 0 amide bonds. The number of halogens is 1. The number of aryl methyl sites for hydroxylation is 1. The van der Waals surface area contributed by atoms with Crippen LogP contribution in [0.2, 0.25) is 0 Å². The minimum absolute atomic E-state index is 0.199. The first kappa shape index (κ1) is 11.7.